The molecule has 0 aliphatic heterocycles. The van der Waals surface area contributed by atoms with Crippen molar-refractivity contribution in [2.75, 3.05) is 4.90 Å². The molecule has 0 bridgehead atoms. The quantitative estimate of drug-likeness (QED) is 0.144. The molecule has 0 saturated heterocycles. The molecule has 278 valence electrons. The normalized spacial score (nSPS) is 13.1. The summed E-state index contributed by atoms with van der Waals surface area (Å²) < 4.78 is 0. The van der Waals surface area contributed by atoms with Gasteiger partial charge in [0.15, 0.2) is 0 Å². The van der Waals surface area contributed by atoms with E-state index in [0.29, 0.717) is 0 Å². The summed E-state index contributed by atoms with van der Waals surface area (Å²) in [7, 11) is 0. The second kappa shape index (κ2) is 16.4. The number of rotatable bonds is 9. The van der Waals surface area contributed by atoms with Crippen LogP contribution in [0.25, 0.3) is 16.7 Å². The summed E-state index contributed by atoms with van der Waals surface area (Å²) in [6, 6.07) is 59.4. The molecule has 55 heavy (non-hydrogen) atoms. The fourth-order valence-corrected chi connectivity index (χ4v) is 6.97. The van der Waals surface area contributed by atoms with Crippen LogP contribution in [0.4, 0.5) is 17.1 Å². The molecule has 1 heteroatoms. The van der Waals surface area contributed by atoms with E-state index in [4.69, 9.17) is 0 Å². The van der Waals surface area contributed by atoms with Crippen LogP contribution in [-0.2, 0) is 0 Å². The van der Waals surface area contributed by atoms with Gasteiger partial charge in [0.1, 0.15) is 0 Å². The van der Waals surface area contributed by atoms with Gasteiger partial charge < -0.3 is 4.90 Å². The lowest BCUT2D eigenvalue weighted by atomic mass is 9.87. The van der Waals surface area contributed by atoms with Gasteiger partial charge in [-0.2, -0.15) is 0 Å². The maximum atomic E-state index is 2.39. The number of benzene rings is 6. The number of anilines is 3. The molecule has 6 aromatic rings. The molecule has 0 aromatic heterocycles. The highest BCUT2D eigenvalue weighted by atomic mass is 15.1. The summed E-state index contributed by atoms with van der Waals surface area (Å²) in [6.45, 7) is 20.4. The molecule has 6 aromatic carbocycles. The van der Waals surface area contributed by atoms with Crippen LogP contribution in [0, 0.1) is 16.2 Å². The molecule has 0 amide bonds. The SMILES string of the molecule is CC(C)(C)C=C(c1ccccc1)c1ccc(N(c2ccc(C(=CC(C)(C)C)c3ccccc3)cc2)c2ccc(C(=CC(C)(C)C)c3ccccc3)cc2)cc1. The lowest BCUT2D eigenvalue weighted by Gasteiger charge is -2.27. The molecule has 0 heterocycles. The lowest BCUT2D eigenvalue weighted by Crippen LogP contribution is -2.10. The van der Waals surface area contributed by atoms with E-state index < -0.39 is 0 Å². The summed E-state index contributed by atoms with van der Waals surface area (Å²) >= 11 is 0. The van der Waals surface area contributed by atoms with Crippen molar-refractivity contribution in [3.05, 3.63) is 215 Å². The van der Waals surface area contributed by atoms with Crippen molar-refractivity contribution < 1.29 is 0 Å². The van der Waals surface area contributed by atoms with Crippen LogP contribution in [0.5, 0.6) is 0 Å². The molecular formula is C54H57N. The highest BCUT2D eigenvalue weighted by Crippen LogP contribution is 2.39. The first-order valence-electron chi connectivity index (χ1n) is 19.6. The largest absolute Gasteiger partial charge is 0.311 e. The summed E-state index contributed by atoms with van der Waals surface area (Å²) in [4.78, 5) is 2.37. The predicted octanol–water partition coefficient (Wildman–Crippen LogP) is 15.6. The average Bonchev–Trinajstić information content (AvgIpc) is 3.16. The van der Waals surface area contributed by atoms with Crippen LogP contribution in [0.1, 0.15) is 95.7 Å². The van der Waals surface area contributed by atoms with Crippen molar-refractivity contribution in [1.82, 2.24) is 0 Å². The van der Waals surface area contributed by atoms with E-state index in [1.807, 2.05) is 0 Å². The van der Waals surface area contributed by atoms with Gasteiger partial charge in [0.05, 0.1) is 0 Å². The topological polar surface area (TPSA) is 3.24 Å². The van der Waals surface area contributed by atoms with Crippen molar-refractivity contribution in [3.8, 4) is 0 Å². The highest BCUT2D eigenvalue weighted by molar-refractivity contribution is 5.86. The van der Waals surface area contributed by atoms with E-state index in [0.717, 1.165) is 17.1 Å². The zero-order chi connectivity index (χ0) is 39.2. The Bertz CT molecular complexity index is 1970. The molecule has 0 atom stereocenters. The van der Waals surface area contributed by atoms with Crippen LogP contribution in [-0.4, -0.2) is 0 Å². The molecular weight excluding hydrogens is 663 g/mol. The molecule has 0 unspecified atom stereocenters. The Balaban J connectivity index is 1.45. The minimum absolute atomic E-state index is 0.0272. The van der Waals surface area contributed by atoms with E-state index in [9.17, 15) is 0 Å². The average molecular weight is 720 g/mol. The molecule has 6 rings (SSSR count). The van der Waals surface area contributed by atoms with Gasteiger partial charge in [-0.15, -0.1) is 0 Å². The van der Waals surface area contributed by atoms with Crippen molar-refractivity contribution in [2.24, 2.45) is 16.2 Å². The molecule has 0 radical (unpaired) electrons. The minimum Gasteiger partial charge on any atom is -0.311 e. The Morgan fingerprint density at radius 3 is 0.691 bits per heavy atom. The number of hydrogen-bond acceptors (Lipinski definition) is 1. The van der Waals surface area contributed by atoms with E-state index >= 15 is 0 Å². The van der Waals surface area contributed by atoms with Crippen molar-refractivity contribution in [2.45, 2.75) is 62.3 Å². The Morgan fingerprint density at radius 2 is 0.491 bits per heavy atom. The van der Waals surface area contributed by atoms with Gasteiger partial charge in [0, 0.05) is 17.1 Å². The fourth-order valence-electron chi connectivity index (χ4n) is 6.97. The van der Waals surface area contributed by atoms with Crippen molar-refractivity contribution in [1.29, 1.82) is 0 Å². The molecule has 0 saturated carbocycles. The first-order valence-corrected chi connectivity index (χ1v) is 19.6. The highest BCUT2D eigenvalue weighted by Gasteiger charge is 2.19. The summed E-state index contributed by atoms with van der Waals surface area (Å²) in [5, 5.41) is 0. The van der Waals surface area contributed by atoms with Gasteiger partial charge in [0.25, 0.3) is 0 Å². The maximum absolute atomic E-state index is 2.39. The second-order valence-electron chi connectivity index (χ2n) is 17.8. The Labute approximate surface area is 331 Å². The Kier molecular flexibility index (Phi) is 11.6. The van der Waals surface area contributed by atoms with Gasteiger partial charge in [-0.25, -0.2) is 0 Å². The number of nitrogens with zero attached hydrogens (tertiary/aromatic N) is 1. The third-order valence-electron chi connectivity index (χ3n) is 9.30. The maximum Gasteiger partial charge on any atom is 0.0462 e. The first kappa shape index (κ1) is 39.0. The standard InChI is InChI=1S/C54H57N/c1-52(2,3)37-49(40-19-13-10-14-20-40)43-25-31-46(32-26-43)55(47-33-27-44(28-34-47)50(38-53(4,5)6)41-21-15-11-16-22-41)48-35-29-45(30-36-48)51(39-54(7,8)9)42-23-17-12-18-24-42/h10-39H,1-9H3. The Hall–Kier alpha value is -5.66. The smallest absolute Gasteiger partial charge is 0.0462 e. The third-order valence-corrected chi connectivity index (χ3v) is 9.30. The van der Waals surface area contributed by atoms with E-state index in [-0.39, 0.29) is 16.2 Å². The summed E-state index contributed by atoms with van der Waals surface area (Å²) in [5.41, 5.74) is 14.4. The fraction of sp³-hybridized carbons (Fsp3) is 0.222. The molecule has 0 spiro atoms. The predicted molar refractivity (Wildman–Crippen MR) is 240 cm³/mol. The molecule has 0 aliphatic rings. The van der Waals surface area contributed by atoms with Crippen LogP contribution in [0.2, 0.25) is 0 Å². The molecule has 0 fully saturated rings. The molecule has 0 aliphatic carbocycles. The minimum atomic E-state index is 0.0272. The zero-order valence-electron chi connectivity index (χ0n) is 34.3. The lowest BCUT2D eigenvalue weighted by molar-refractivity contribution is 0.545. The van der Waals surface area contributed by atoms with E-state index in [1.165, 1.54) is 50.1 Å². The van der Waals surface area contributed by atoms with E-state index in [1.54, 1.807) is 0 Å². The van der Waals surface area contributed by atoms with Gasteiger partial charge in [-0.3, -0.25) is 0 Å². The van der Waals surface area contributed by atoms with Crippen LogP contribution < -0.4 is 4.90 Å². The molecule has 1 nitrogen and oxygen atoms in total. The number of hydrogen-bond donors (Lipinski definition) is 0. The monoisotopic (exact) mass is 719 g/mol. The molecule has 0 N–H and O–H groups in total. The van der Waals surface area contributed by atoms with Gasteiger partial charge >= 0.3 is 0 Å². The summed E-state index contributed by atoms with van der Waals surface area (Å²) in [5.74, 6) is 0. The summed E-state index contributed by atoms with van der Waals surface area (Å²) in [6.07, 6.45) is 7.16. The Morgan fingerprint density at radius 1 is 0.291 bits per heavy atom. The second-order valence-corrected chi connectivity index (χ2v) is 17.8. The van der Waals surface area contributed by atoms with Crippen molar-refractivity contribution in [3.63, 3.8) is 0 Å². The number of allylic oxidation sites excluding steroid dienone is 3. The van der Waals surface area contributed by atoms with Gasteiger partial charge in [-0.1, -0.05) is 208 Å². The van der Waals surface area contributed by atoms with Crippen molar-refractivity contribution >= 4 is 33.8 Å². The van der Waals surface area contributed by atoms with Crippen LogP contribution in [0.15, 0.2) is 182 Å². The third kappa shape index (κ3) is 10.5. The van der Waals surface area contributed by atoms with E-state index in [2.05, 4.69) is 249 Å². The van der Waals surface area contributed by atoms with Crippen LogP contribution >= 0.6 is 0 Å². The van der Waals surface area contributed by atoms with Gasteiger partial charge in [-0.05, 0) is 103 Å². The zero-order valence-corrected chi connectivity index (χ0v) is 34.3. The van der Waals surface area contributed by atoms with Gasteiger partial charge in [0.2, 0.25) is 0 Å². The first-order chi connectivity index (χ1) is 26.1. The van der Waals surface area contributed by atoms with Crippen LogP contribution in [0.3, 0.4) is 0 Å².